The summed E-state index contributed by atoms with van der Waals surface area (Å²) in [4.78, 5) is 10.9. The lowest BCUT2D eigenvalue weighted by Gasteiger charge is -2.22. The van der Waals surface area contributed by atoms with Crippen LogP contribution in [0.15, 0.2) is 23.3 Å². The molecule has 3 heteroatoms. The monoisotopic (exact) mass is 322 g/mol. The first-order chi connectivity index (χ1) is 11.1. The van der Waals surface area contributed by atoms with Crippen LogP contribution >= 0.6 is 0 Å². The molecule has 23 heavy (non-hydrogen) atoms. The van der Waals surface area contributed by atoms with Crippen LogP contribution in [0.2, 0.25) is 0 Å². The van der Waals surface area contributed by atoms with E-state index < -0.39 is 0 Å². The lowest BCUT2D eigenvalue weighted by molar-refractivity contribution is -0.162. The van der Waals surface area contributed by atoms with Crippen LogP contribution in [0.4, 0.5) is 0 Å². The zero-order valence-corrected chi connectivity index (χ0v) is 15.2. The number of allylic oxidation sites excluding steroid dienone is 4. The molecule has 0 saturated carbocycles. The van der Waals surface area contributed by atoms with Crippen LogP contribution in [-0.4, -0.2) is 25.3 Å². The van der Waals surface area contributed by atoms with Crippen LogP contribution in [0, 0.1) is 0 Å². The van der Waals surface area contributed by atoms with E-state index in [0.29, 0.717) is 6.42 Å². The zero-order chi connectivity index (χ0) is 16.9. The van der Waals surface area contributed by atoms with E-state index in [-0.39, 0.29) is 12.1 Å². The fraction of sp³-hybridized carbons (Fsp3) is 0.750. The molecule has 1 fully saturated rings. The Kier molecular flexibility index (Phi) is 10.9. The fourth-order valence-electron chi connectivity index (χ4n) is 2.68. The second-order valence-electron chi connectivity index (χ2n) is 6.65. The summed E-state index contributed by atoms with van der Waals surface area (Å²) in [6, 6.07) is 0. The summed E-state index contributed by atoms with van der Waals surface area (Å²) in [5.74, 6) is 0.269. The van der Waals surface area contributed by atoms with Gasteiger partial charge in [-0.05, 0) is 72.1 Å². The van der Waals surface area contributed by atoms with E-state index >= 15 is 0 Å². The molecule has 1 heterocycles. The highest BCUT2D eigenvalue weighted by Crippen LogP contribution is 2.15. The van der Waals surface area contributed by atoms with Crippen LogP contribution in [0.5, 0.6) is 0 Å². The molecule has 0 aromatic heterocycles. The molecule has 1 aliphatic heterocycles. The van der Waals surface area contributed by atoms with E-state index in [1.54, 1.807) is 6.92 Å². The van der Waals surface area contributed by atoms with Gasteiger partial charge in [0.15, 0.2) is 6.29 Å². The summed E-state index contributed by atoms with van der Waals surface area (Å²) in [7, 11) is 0. The van der Waals surface area contributed by atoms with Crippen molar-refractivity contribution in [3.8, 4) is 0 Å². The van der Waals surface area contributed by atoms with E-state index in [2.05, 4.69) is 26.0 Å². The third kappa shape index (κ3) is 11.3. The molecule has 132 valence electrons. The highest BCUT2D eigenvalue weighted by molar-refractivity contribution is 5.75. The molecule has 0 radical (unpaired) electrons. The minimum absolute atomic E-state index is 0.0378. The smallest absolute Gasteiger partial charge is 0.157 e. The average molecular weight is 322 g/mol. The summed E-state index contributed by atoms with van der Waals surface area (Å²) in [5.41, 5.74) is 2.82. The van der Waals surface area contributed by atoms with Gasteiger partial charge in [0.1, 0.15) is 5.78 Å². The van der Waals surface area contributed by atoms with E-state index in [4.69, 9.17) is 9.47 Å². The number of ketones is 1. The molecule has 1 rings (SSSR count). The topological polar surface area (TPSA) is 35.5 Å². The maximum absolute atomic E-state index is 10.9. The fourth-order valence-corrected chi connectivity index (χ4v) is 2.68. The summed E-state index contributed by atoms with van der Waals surface area (Å²) in [6.45, 7) is 7.65. The van der Waals surface area contributed by atoms with Crippen molar-refractivity contribution in [1.82, 2.24) is 0 Å². The number of rotatable bonds is 11. The minimum Gasteiger partial charge on any atom is -0.353 e. The van der Waals surface area contributed by atoms with E-state index in [9.17, 15) is 4.79 Å². The lowest BCUT2D eigenvalue weighted by atomic mass is 10.1. The normalized spacial score (nSPS) is 19.9. The van der Waals surface area contributed by atoms with Crippen molar-refractivity contribution in [2.75, 3.05) is 13.2 Å². The van der Waals surface area contributed by atoms with Crippen molar-refractivity contribution in [1.29, 1.82) is 0 Å². The minimum atomic E-state index is 0.0378. The molecule has 3 nitrogen and oxygen atoms in total. The highest BCUT2D eigenvalue weighted by Gasteiger charge is 2.13. The molecule has 0 bridgehead atoms. The Hall–Kier alpha value is -0.930. The second-order valence-corrected chi connectivity index (χ2v) is 6.65. The molecule has 0 spiro atoms. The summed E-state index contributed by atoms with van der Waals surface area (Å²) < 4.78 is 11.3. The van der Waals surface area contributed by atoms with Gasteiger partial charge < -0.3 is 14.3 Å². The molecule has 0 aromatic rings. The van der Waals surface area contributed by atoms with Gasteiger partial charge >= 0.3 is 0 Å². The molecule has 0 N–H and O–H groups in total. The Morgan fingerprint density at radius 3 is 2.39 bits per heavy atom. The van der Waals surface area contributed by atoms with E-state index in [0.717, 1.165) is 51.7 Å². The Labute approximate surface area is 142 Å². The van der Waals surface area contributed by atoms with Gasteiger partial charge in [0.2, 0.25) is 0 Å². The third-order valence-electron chi connectivity index (χ3n) is 4.18. The van der Waals surface area contributed by atoms with Gasteiger partial charge in [-0.2, -0.15) is 0 Å². The van der Waals surface area contributed by atoms with Crippen molar-refractivity contribution in [2.24, 2.45) is 0 Å². The summed E-state index contributed by atoms with van der Waals surface area (Å²) in [5, 5.41) is 0. The van der Waals surface area contributed by atoms with E-state index in [1.165, 1.54) is 24.0 Å². The van der Waals surface area contributed by atoms with Gasteiger partial charge in [-0.1, -0.05) is 23.3 Å². The number of hydrogen-bond acceptors (Lipinski definition) is 3. The van der Waals surface area contributed by atoms with Crippen LogP contribution in [0.1, 0.15) is 78.6 Å². The standard InChI is InChI=1S/C20H34O3/c1-17(11-7-13-19(3)21)9-6-10-18(2)12-8-16-23-20-14-4-5-15-22-20/h10-11,20H,4-9,12-16H2,1-3H3/b17-11+,18-10+. The Bertz CT molecular complexity index is 390. The van der Waals surface area contributed by atoms with Gasteiger partial charge in [-0.15, -0.1) is 0 Å². The first kappa shape index (κ1) is 20.1. The largest absolute Gasteiger partial charge is 0.353 e. The van der Waals surface area contributed by atoms with E-state index in [1.807, 2.05) is 0 Å². The van der Waals surface area contributed by atoms with Crippen LogP contribution in [0.3, 0.4) is 0 Å². The van der Waals surface area contributed by atoms with Crippen LogP contribution in [-0.2, 0) is 14.3 Å². The predicted octanol–water partition coefficient (Wildman–Crippen LogP) is 5.35. The van der Waals surface area contributed by atoms with Crippen molar-refractivity contribution in [2.45, 2.75) is 84.8 Å². The molecular weight excluding hydrogens is 288 g/mol. The molecule has 1 atom stereocenters. The van der Waals surface area contributed by atoms with Gasteiger partial charge in [-0.25, -0.2) is 0 Å². The molecule has 1 unspecified atom stereocenters. The Morgan fingerprint density at radius 2 is 1.74 bits per heavy atom. The van der Waals surface area contributed by atoms with Gasteiger partial charge in [0.25, 0.3) is 0 Å². The molecule has 0 aromatic carbocycles. The van der Waals surface area contributed by atoms with Gasteiger partial charge in [0.05, 0.1) is 6.61 Å². The number of carbonyl (C=O) groups is 1. The first-order valence-electron chi connectivity index (χ1n) is 9.12. The first-order valence-corrected chi connectivity index (χ1v) is 9.12. The highest BCUT2D eigenvalue weighted by atomic mass is 16.7. The Balaban J connectivity index is 2.05. The Morgan fingerprint density at radius 1 is 1.04 bits per heavy atom. The maximum Gasteiger partial charge on any atom is 0.157 e. The predicted molar refractivity (Wildman–Crippen MR) is 95.4 cm³/mol. The van der Waals surface area contributed by atoms with Crippen molar-refractivity contribution < 1.29 is 14.3 Å². The summed E-state index contributed by atoms with van der Waals surface area (Å²) in [6.07, 6.45) is 13.9. The second kappa shape index (κ2) is 12.5. The number of carbonyl (C=O) groups excluding carboxylic acids is 1. The van der Waals surface area contributed by atoms with Gasteiger partial charge in [-0.3, -0.25) is 0 Å². The molecule has 0 amide bonds. The third-order valence-corrected chi connectivity index (χ3v) is 4.18. The van der Waals surface area contributed by atoms with Crippen molar-refractivity contribution in [3.63, 3.8) is 0 Å². The average Bonchev–Trinajstić information content (AvgIpc) is 2.52. The molecule has 1 saturated heterocycles. The van der Waals surface area contributed by atoms with Crippen LogP contribution < -0.4 is 0 Å². The van der Waals surface area contributed by atoms with Gasteiger partial charge in [0, 0.05) is 13.0 Å². The lowest BCUT2D eigenvalue weighted by Crippen LogP contribution is -2.22. The number of ether oxygens (including phenoxy) is 2. The summed E-state index contributed by atoms with van der Waals surface area (Å²) >= 11 is 0. The SMILES string of the molecule is CC(=O)CC/C=C(\C)CC/C=C(\C)CCCOC1CCCCO1. The van der Waals surface area contributed by atoms with Crippen molar-refractivity contribution >= 4 is 5.78 Å². The zero-order valence-electron chi connectivity index (χ0n) is 15.2. The molecular formula is C20H34O3. The van der Waals surface area contributed by atoms with Crippen LogP contribution in [0.25, 0.3) is 0 Å². The number of Topliss-reactive ketones (excluding diaryl/α,β-unsaturated/α-hetero) is 1. The molecule has 1 aliphatic rings. The number of hydrogen-bond donors (Lipinski definition) is 0. The molecule has 0 aliphatic carbocycles. The van der Waals surface area contributed by atoms with Crippen molar-refractivity contribution in [3.05, 3.63) is 23.3 Å². The maximum atomic E-state index is 10.9. The quantitative estimate of drug-likeness (QED) is 0.380.